The number of allylic oxidation sites excluding steroid dienone is 4. The summed E-state index contributed by atoms with van der Waals surface area (Å²) in [7, 11) is 0. The van der Waals surface area contributed by atoms with E-state index in [-0.39, 0.29) is 0 Å². The van der Waals surface area contributed by atoms with Crippen LogP contribution in [-0.4, -0.2) is 5.71 Å². The first kappa shape index (κ1) is 6.40. The van der Waals surface area contributed by atoms with Crippen molar-refractivity contribution in [2.45, 2.75) is 6.92 Å². The molecule has 1 aliphatic carbocycles. The van der Waals surface area contributed by atoms with E-state index in [4.69, 9.17) is 5.73 Å². The molecule has 2 rings (SSSR count). The van der Waals surface area contributed by atoms with E-state index < -0.39 is 0 Å². The predicted octanol–water partition coefficient (Wildman–Crippen LogP) is 1.37. The van der Waals surface area contributed by atoms with Crippen LogP contribution in [0, 0.1) is 5.92 Å². The second-order valence-corrected chi connectivity index (χ2v) is 2.91. The summed E-state index contributed by atoms with van der Waals surface area (Å²) < 4.78 is 0. The van der Waals surface area contributed by atoms with Gasteiger partial charge in [0.15, 0.2) is 0 Å². The number of nitrogens with two attached hydrogens (primary N) is 1. The van der Waals surface area contributed by atoms with Gasteiger partial charge in [0.2, 0.25) is 0 Å². The lowest BCUT2D eigenvalue weighted by atomic mass is 9.93. The Kier molecular flexibility index (Phi) is 1.22. The summed E-state index contributed by atoms with van der Waals surface area (Å²) in [5.41, 5.74) is 8.76. The summed E-state index contributed by atoms with van der Waals surface area (Å²) in [6, 6.07) is 0. The Balaban J connectivity index is 2.38. The molecule has 2 heteroatoms. The molecule has 0 amide bonds. The van der Waals surface area contributed by atoms with Crippen LogP contribution in [0.25, 0.3) is 0 Å². The molecule has 11 heavy (non-hydrogen) atoms. The molecule has 1 heterocycles. The average molecular weight is 146 g/mol. The average Bonchev–Trinajstić information content (AvgIpc) is 2.32. The van der Waals surface area contributed by atoms with E-state index in [2.05, 4.69) is 18.0 Å². The predicted molar refractivity (Wildman–Crippen MR) is 46.1 cm³/mol. The van der Waals surface area contributed by atoms with Crippen molar-refractivity contribution in [3.8, 4) is 0 Å². The molecule has 0 bridgehead atoms. The summed E-state index contributed by atoms with van der Waals surface area (Å²) in [4.78, 5) is 4.24. The van der Waals surface area contributed by atoms with Crippen LogP contribution in [0.15, 0.2) is 40.7 Å². The minimum atomic E-state index is 0.391. The second-order valence-electron chi connectivity index (χ2n) is 2.91. The zero-order valence-electron chi connectivity index (χ0n) is 6.41. The Labute approximate surface area is 65.8 Å². The van der Waals surface area contributed by atoms with E-state index in [0.717, 1.165) is 11.4 Å². The summed E-state index contributed by atoms with van der Waals surface area (Å²) in [6.07, 6.45) is 7.86. The molecule has 1 atom stereocenters. The third-order valence-electron chi connectivity index (χ3n) is 2.02. The fraction of sp³-hybridized carbons (Fsp3) is 0.222. The smallest absolute Gasteiger partial charge is 0.0534 e. The summed E-state index contributed by atoms with van der Waals surface area (Å²) in [6.45, 7) is 2.08. The maximum absolute atomic E-state index is 5.61. The normalized spacial score (nSPS) is 27.4. The molecule has 2 N–H and O–H groups in total. The van der Waals surface area contributed by atoms with Gasteiger partial charge in [-0.15, -0.1) is 0 Å². The lowest BCUT2D eigenvalue weighted by Gasteiger charge is -2.11. The van der Waals surface area contributed by atoms with E-state index in [0.29, 0.717) is 5.92 Å². The van der Waals surface area contributed by atoms with Crippen LogP contribution in [0.4, 0.5) is 0 Å². The molecule has 0 saturated heterocycles. The molecule has 2 nitrogen and oxygen atoms in total. The van der Waals surface area contributed by atoms with Gasteiger partial charge in [-0.1, -0.05) is 6.08 Å². The van der Waals surface area contributed by atoms with Crippen molar-refractivity contribution in [2.75, 3.05) is 0 Å². The Morgan fingerprint density at radius 3 is 3.18 bits per heavy atom. The number of fused-ring (bicyclic) bond motifs is 1. The monoisotopic (exact) mass is 146 g/mol. The zero-order chi connectivity index (χ0) is 7.84. The van der Waals surface area contributed by atoms with Crippen molar-refractivity contribution < 1.29 is 0 Å². The quantitative estimate of drug-likeness (QED) is 0.550. The highest BCUT2D eigenvalue weighted by Gasteiger charge is 2.19. The number of nitrogens with zero attached hydrogens (tertiary/aromatic N) is 1. The van der Waals surface area contributed by atoms with E-state index in [1.54, 1.807) is 0 Å². The molecule has 2 aliphatic rings. The van der Waals surface area contributed by atoms with Crippen molar-refractivity contribution in [3.05, 3.63) is 35.7 Å². The first-order valence-corrected chi connectivity index (χ1v) is 3.67. The van der Waals surface area contributed by atoms with Gasteiger partial charge in [-0.3, -0.25) is 4.99 Å². The fourth-order valence-electron chi connectivity index (χ4n) is 1.37. The molecular formula is C9H10N2. The van der Waals surface area contributed by atoms with Gasteiger partial charge >= 0.3 is 0 Å². The van der Waals surface area contributed by atoms with Gasteiger partial charge in [0.25, 0.3) is 0 Å². The van der Waals surface area contributed by atoms with Gasteiger partial charge in [-0.25, -0.2) is 0 Å². The van der Waals surface area contributed by atoms with Crippen molar-refractivity contribution in [1.29, 1.82) is 0 Å². The second kappa shape index (κ2) is 2.09. The molecule has 0 radical (unpaired) electrons. The molecule has 0 aromatic rings. The zero-order valence-corrected chi connectivity index (χ0v) is 6.41. The Morgan fingerprint density at radius 1 is 1.55 bits per heavy atom. The van der Waals surface area contributed by atoms with Gasteiger partial charge < -0.3 is 5.73 Å². The van der Waals surface area contributed by atoms with Gasteiger partial charge in [0.1, 0.15) is 0 Å². The molecule has 56 valence electrons. The van der Waals surface area contributed by atoms with Gasteiger partial charge in [0.05, 0.1) is 5.71 Å². The SMILES string of the molecule is CC1=CN=C2C=C(N)C=C[C@@H]12. The van der Waals surface area contributed by atoms with Gasteiger partial charge in [-0.05, 0) is 24.6 Å². The van der Waals surface area contributed by atoms with Crippen molar-refractivity contribution in [3.63, 3.8) is 0 Å². The van der Waals surface area contributed by atoms with Crippen molar-refractivity contribution >= 4 is 5.71 Å². The number of aliphatic imine (C=N–C) groups is 1. The molecule has 0 aromatic heterocycles. The Bertz CT molecular complexity index is 306. The van der Waals surface area contributed by atoms with Crippen LogP contribution in [0.3, 0.4) is 0 Å². The summed E-state index contributed by atoms with van der Waals surface area (Å²) >= 11 is 0. The lowest BCUT2D eigenvalue weighted by molar-refractivity contribution is 1.04. The van der Waals surface area contributed by atoms with E-state index in [1.807, 2.05) is 18.4 Å². The molecular weight excluding hydrogens is 136 g/mol. The first-order valence-electron chi connectivity index (χ1n) is 3.67. The highest BCUT2D eigenvalue weighted by atomic mass is 14.8. The van der Waals surface area contributed by atoms with Gasteiger partial charge in [0, 0.05) is 17.8 Å². The molecule has 0 saturated carbocycles. The molecule has 0 fully saturated rings. The summed E-state index contributed by atoms with van der Waals surface area (Å²) in [5.74, 6) is 0.391. The molecule has 0 aromatic carbocycles. The minimum absolute atomic E-state index is 0.391. The standard InChI is InChI=1S/C9H10N2/c1-6-5-11-9-4-7(10)2-3-8(6)9/h2-5,8H,10H2,1H3/t8-/m0/s1. The van der Waals surface area contributed by atoms with Crippen molar-refractivity contribution in [1.82, 2.24) is 0 Å². The maximum atomic E-state index is 5.61. The summed E-state index contributed by atoms with van der Waals surface area (Å²) in [5, 5.41) is 0. The number of hydrogen-bond donors (Lipinski definition) is 1. The highest BCUT2D eigenvalue weighted by Crippen LogP contribution is 2.24. The third-order valence-corrected chi connectivity index (χ3v) is 2.02. The first-order chi connectivity index (χ1) is 5.27. The van der Waals surface area contributed by atoms with Crippen molar-refractivity contribution in [2.24, 2.45) is 16.6 Å². The Morgan fingerprint density at radius 2 is 2.36 bits per heavy atom. The van der Waals surface area contributed by atoms with Gasteiger partial charge in [-0.2, -0.15) is 0 Å². The van der Waals surface area contributed by atoms with E-state index >= 15 is 0 Å². The molecule has 1 aliphatic heterocycles. The largest absolute Gasteiger partial charge is 0.399 e. The maximum Gasteiger partial charge on any atom is 0.0534 e. The lowest BCUT2D eigenvalue weighted by Crippen LogP contribution is -2.13. The Hall–Kier alpha value is -1.31. The number of rotatable bonds is 0. The topological polar surface area (TPSA) is 38.4 Å². The number of hydrogen-bond acceptors (Lipinski definition) is 2. The third kappa shape index (κ3) is 0.909. The van der Waals surface area contributed by atoms with Crippen LogP contribution in [0.1, 0.15) is 6.92 Å². The highest BCUT2D eigenvalue weighted by molar-refractivity contribution is 6.03. The van der Waals surface area contributed by atoms with E-state index in [1.165, 1.54) is 5.57 Å². The van der Waals surface area contributed by atoms with Crippen LogP contribution in [0.5, 0.6) is 0 Å². The molecule has 0 unspecified atom stereocenters. The van der Waals surface area contributed by atoms with Crippen LogP contribution in [0.2, 0.25) is 0 Å². The minimum Gasteiger partial charge on any atom is -0.399 e. The van der Waals surface area contributed by atoms with Crippen LogP contribution in [-0.2, 0) is 0 Å². The van der Waals surface area contributed by atoms with E-state index in [9.17, 15) is 0 Å². The van der Waals surface area contributed by atoms with Crippen LogP contribution >= 0.6 is 0 Å². The molecule has 0 spiro atoms. The van der Waals surface area contributed by atoms with Crippen LogP contribution < -0.4 is 5.73 Å². The fourth-order valence-corrected chi connectivity index (χ4v) is 1.37.